The number of piperidine rings is 1. The Labute approximate surface area is 131 Å². The van der Waals surface area contributed by atoms with Gasteiger partial charge >= 0.3 is 0 Å². The lowest BCUT2D eigenvalue weighted by atomic mass is 10.1. The second-order valence-corrected chi connectivity index (χ2v) is 7.36. The third kappa shape index (κ3) is 4.30. The molecule has 0 amide bonds. The number of hydrogen-bond donors (Lipinski definition) is 0. The van der Waals surface area contributed by atoms with E-state index in [1.165, 1.54) is 4.31 Å². The molecule has 6 heteroatoms. The van der Waals surface area contributed by atoms with Gasteiger partial charge < -0.3 is 4.74 Å². The number of hydrogen-bond acceptors (Lipinski definition) is 3. The first-order chi connectivity index (χ1) is 10.0. The van der Waals surface area contributed by atoms with E-state index in [4.69, 9.17) is 16.3 Å². The fraction of sp³-hybridized carbons (Fsp3) is 0.467. The van der Waals surface area contributed by atoms with Gasteiger partial charge in [-0.25, -0.2) is 8.42 Å². The van der Waals surface area contributed by atoms with Crippen molar-refractivity contribution in [2.75, 3.05) is 19.7 Å². The molecule has 1 aromatic rings. The zero-order valence-corrected chi connectivity index (χ0v) is 13.6. The Hall–Kier alpha value is -0.880. The molecule has 116 valence electrons. The monoisotopic (exact) mass is 329 g/mol. The maximum Gasteiger partial charge on any atom is 0.243 e. The molecule has 0 spiro atoms. The minimum Gasteiger partial charge on any atom is -0.373 e. The minimum atomic E-state index is -3.47. The third-order valence-electron chi connectivity index (χ3n) is 3.46. The third-order valence-corrected chi connectivity index (χ3v) is 5.59. The van der Waals surface area contributed by atoms with Crippen LogP contribution >= 0.6 is 11.6 Å². The molecular formula is C15H20ClNO3S. The first-order valence-electron chi connectivity index (χ1n) is 7.02. The molecule has 1 aliphatic rings. The molecule has 1 heterocycles. The number of sulfonamides is 1. The van der Waals surface area contributed by atoms with Crippen LogP contribution in [0.1, 0.15) is 19.8 Å². The van der Waals surface area contributed by atoms with Crippen LogP contribution in [0.25, 0.3) is 0 Å². The molecule has 1 saturated heterocycles. The second kappa shape index (κ2) is 7.40. The fourth-order valence-electron chi connectivity index (χ4n) is 2.30. The van der Waals surface area contributed by atoms with Crippen molar-refractivity contribution >= 4 is 21.6 Å². The zero-order chi connectivity index (χ0) is 15.3. The van der Waals surface area contributed by atoms with Crippen LogP contribution in [0, 0.1) is 0 Å². The highest BCUT2D eigenvalue weighted by molar-refractivity contribution is 7.89. The second-order valence-electron chi connectivity index (χ2n) is 4.98. The molecule has 21 heavy (non-hydrogen) atoms. The molecule has 1 unspecified atom stereocenters. The molecule has 0 saturated carbocycles. The number of nitrogens with zero attached hydrogens (tertiary/aromatic N) is 1. The highest BCUT2D eigenvalue weighted by atomic mass is 35.5. The molecule has 0 aliphatic carbocycles. The van der Waals surface area contributed by atoms with Crippen molar-refractivity contribution in [3.8, 4) is 0 Å². The lowest BCUT2D eigenvalue weighted by Gasteiger charge is -2.31. The van der Waals surface area contributed by atoms with Gasteiger partial charge in [0.15, 0.2) is 0 Å². The quantitative estimate of drug-likeness (QED) is 0.780. The molecule has 0 N–H and O–H groups in total. The average Bonchev–Trinajstić information content (AvgIpc) is 2.48. The highest BCUT2D eigenvalue weighted by Gasteiger charge is 2.30. The Morgan fingerprint density at radius 1 is 1.38 bits per heavy atom. The van der Waals surface area contributed by atoms with Crippen molar-refractivity contribution in [2.24, 2.45) is 0 Å². The number of halogens is 1. The van der Waals surface area contributed by atoms with E-state index in [2.05, 4.69) is 0 Å². The van der Waals surface area contributed by atoms with E-state index in [0.29, 0.717) is 24.7 Å². The van der Waals surface area contributed by atoms with Gasteiger partial charge in [0.2, 0.25) is 10.0 Å². The summed E-state index contributed by atoms with van der Waals surface area (Å²) in [6.07, 6.45) is 5.51. The van der Waals surface area contributed by atoms with Crippen molar-refractivity contribution in [2.45, 2.75) is 30.8 Å². The molecule has 1 fully saturated rings. The van der Waals surface area contributed by atoms with Gasteiger partial charge in [-0.3, -0.25) is 0 Å². The smallest absolute Gasteiger partial charge is 0.243 e. The lowest BCUT2D eigenvalue weighted by molar-refractivity contribution is 0.0353. The normalized spacial score (nSPS) is 21.0. The van der Waals surface area contributed by atoms with Gasteiger partial charge in [0.05, 0.1) is 17.6 Å². The van der Waals surface area contributed by atoms with E-state index < -0.39 is 10.0 Å². The molecule has 2 rings (SSSR count). The van der Waals surface area contributed by atoms with Gasteiger partial charge in [-0.1, -0.05) is 23.8 Å². The van der Waals surface area contributed by atoms with Crippen LogP contribution in [0.3, 0.4) is 0 Å². The van der Waals surface area contributed by atoms with Gasteiger partial charge in [0.1, 0.15) is 0 Å². The maximum atomic E-state index is 12.6. The summed E-state index contributed by atoms with van der Waals surface area (Å²) in [5.41, 5.74) is 0. The summed E-state index contributed by atoms with van der Waals surface area (Å²) in [6.45, 7) is 3.40. The summed E-state index contributed by atoms with van der Waals surface area (Å²) >= 11 is 5.81. The fourth-order valence-corrected chi connectivity index (χ4v) is 3.94. The Morgan fingerprint density at radius 3 is 2.76 bits per heavy atom. The zero-order valence-electron chi connectivity index (χ0n) is 12.0. The summed E-state index contributed by atoms with van der Waals surface area (Å²) < 4.78 is 32.4. The molecule has 0 bridgehead atoms. The predicted octanol–water partition coefficient (Wildman–Crippen LogP) is 3.09. The van der Waals surface area contributed by atoms with Crippen LogP contribution in [0.5, 0.6) is 0 Å². The summed E-state index contributed by atoms with van der Waals surface area (Å²) in [6, 6.07) is 6.28. The summed E-state index contributed by atoms with van der Waals surface area (Å²) in [4.78, 5) is 0.279. The van der Waals surface area contributed by atoms with Crippen LogP contribution in [-0.2, 0) is 14.8 Å². The van der Waals surface area contributed by atoms with Crippen LogP contribution in [0.15, 0.2) is 41.3 Å². The van der Waals surface area contributed by atoms with E-state index >= 15 is 0 Å². The summed E-state index contributed by atoms with van der Waals surface area (Å²) in [5, 5.41) is 0.528. The van der Waals surface area contributed by atoms with E-state index in [9.17, 15) is 8.42 Å². The van der Waals surface area contributed by atoms with Crippen LogP contribution in [0.4, 0.5) is 0 Å². The molecule has 0 radical (unpaired) electrons. The van der Waals surface area contributed by atoms with Crippen LogP contribution in [0.2, 0.25) is 5.02 Å². The predicted molar refractivity (Wildman–Crippen MR) is 84.0 cm³/mol. The molecule has 1 aliphatic heterocycles. The van der Waals surface area contributed by atoms with Gasteiger partial charge in [0.25, 0.3) is 0 Å². The SMILES string of the molecule is C/C=C\COC1CCCN(S(=O)(=O)c2ccc(Cl)cc2)C1. The lowest BCUT2D eigenvalue weighted by Crippen LogP contribution is -2.43. The van der Waals surface area contributed by atoms with E-state index in [1.54, 1.807) is 24.3 Å². The molecule has 1 atom stereocenters. The van der Waals surface area contributed by atoms with Gasteiger partial charge in [-0.15, -0.1) is 0 Å². The Kier molecular flexibility index (Phi) is 5.81. The van der Waals surface area contributed by atoms with Crippen LogP contribution < -0.4 is 0 Å². The van der Waals surface area contributed by atoms with Crippen molar-refractivity contribution in [1.82, 2.24) is 4.31 Å². The Morgan fingerprint density at radius 2 is 2.10 bits per heavy atom. The first-order valence-corrected chi connectivity index (χ1v) is 8.84. The van der Waals surface area contributed by atoms with Crippen molar-refractivity contribution in [3.63, 3.8) is 0 Å². The van der Waals surface area contributed by atoms with E-state index in [-0.39, 0.29) is 11.0 Å². The molecule has 1 aromatic carbocycles. The van der Waals surface area contributed by atoms with Gasteiger partial charge in [-0.05, 0) is 44.0 Å². The summed E-state index contributed by atoms with van der Waals surface area (Å²) in [5.74, 6) is 0. The summed E-state index contributed by atoms with van der Waals surface area (Å²) in [7, 11) is -3.47. The maximum absolute atomic E-state index is 12.6. The number of ether oxygens (including phenoxy) is 1. The topological polar surface area (TPSA) is 46.6 Å². The van der Waals surface area contributed by atoms with E-state index in [1.807, 2.05) is 19.1 Å². The highest BCUT2D eigenvalue weighted by Crippen LogP contribution is 2.23. The molecule has 4 nitrogen and oxygen atoms in total. The average molecular weight is 330 g/mol. The van der Waals surface area contributed by atoms with Crippen molar-refractivity contribution in [3.05, 3.63) is 41.4 Å². The number of rotatable bonds is 5. The van der Waals surface area contributed by atoms with Crippen LogP contribution in [-0.4, -0.2) is 38.5 Å². The van der Waals surface area contributed by atoms with Crippen molar-refractivity contribution in [1.29, 1.82) is 0 Å². The minimum absolute atomic E-state index is 0.0444. The van der Waals surface area contributed by atoms with Crippen molar-refractivity contribution < 1.29 is 13.2 Å². The molecular weight excluding hydrogens is 310 g/mol. The van der Waals surface area contributed by atoms with Gasteiger partial charge in [0, 0.05) is 18.1 Å². The van der Waals surface area contributed by atoms with E-state index in [0.717, 1.165) is 12.8 Å². The first kappa shape index (κ1) is 16.5. The Balaban J connectivity index is 2.07. The number of allylic oxidation sites excluding steroid dienone is 1. The largest absolute Gasteiger partial charge is 0.373 e. The van der Waals surface area contributed by atoms with Gasteiger partial charge in [-0.2, -0.15) is 4.31 Å². The Bertz CT molecular complexity index is 583. The standard InChI is InChI=1S/C15H20ClNO3S/c1-2-3-11-20-14-5-4-10-17(12-14)21(18,19)15-8-6-13(16)7-9-15/h2-3,6-9,14H,4-5,10-12H2,1H3/b3-2-. The molecule has 0 aromatic heterocycles. The number of benzene rings is 1.